The maximum atomic E-state index is 4.47. The van der Waals surface area contributed by atoms with Crippen LogP contribution in [0.4, 0.5) is 0 Å². The lowest BCUT2D eigenvalue weighted by atomic mass is 10.2. The molecule has 2 aromatic heterocycles. The number of hydrogen-bond donors (Lipinski definition) is 0. The molecule has 0 amide bonds. The van der Waals surface area contributed by atoms with E-state index in [2.05, 4.69) is 40.1 Å². The van der Waals surface area contributed by atoms with E-state index in [-0.39, 0.29) is 0 Å². The molecule has 0 radical (unpaired) electrons. The number of hydrogen-bond acceptors (Lipinski definition) is 1. The fourth-order valence-corrected chi connectivity index (χ4v) is 2.36. The average Bonchev–Trinajstić information content (AvgIpc) is 3.01. The van der Waals surface area contributed by atoms with E-state index in [9.17, 15) is 0 Å². The fraction of sp³-hybridized carbons (Fsp3) is 0. The van der Waals surface area contributed by atoms with E-state index < -0.39 is 0 Å². The molecule has 2 heterocycles. The van der Waals surface area contributed by atoms with E-state index in [0.717, 1.165) is 16.4 Å². The van der Waals surface area contributed by atoms with Gasteiger partial charge in [0.05, 0.1) is 17.2 Å². The molecule has 2 aromatic carbocycles. The first-order valence-electron chi connectivity index (χ1n) is 5.93. The second-order valence-electron chi connectivity index (χ2n) is 4.31. The third-order valence-electron chi connectivity index (χ3n) is 3.24. The number of aromatic nitrogens is 3. The van der Waals surface area contributed by atoms with Gasteiger partial charge in [-0.15, -0.1) is 0 Å². The minimum absolute atomic E-state index is 1.11. The summed E-state index contributed by atoms with van der Waals surface area (Å²) in [5.74, 6) is 0. The second-order valence-corrected chi connectivity index (χ2v) is 4.31. The number of fused-ring (bicyclic) bond motifs is 2. The van der Waals surface area contributed by atoms with E-state index in [1.807, 2.05) is 41.4 Å². The highest BCUT2D eigenvalue weighted by Crippen LogP contribution is 2.18. The van der Waals surface area contributed by atoms with E-state index in [1.165, 1.54) is 5.39 Å². The molecule has 3 heteroatoms. The molecular weight excluding hydrogens is 222 g/mol. The van der Waals surface area contributed by atoms with Gasteiger partial charge in [-0.05, 0) is 18.2 Å². The SMILES string of the molecule is c1ccc2c(c1)ccn2-n1ncc2ccccc21. The van der Waals surface area contributed by atoms with Crippen LogP contribution in [-0.4, -0.2) is 14.6 Å². The van der Waals surface area contributed by atoms with Crippen LogP contribution in [0.3, 0.4) is 0 Å². The van der Waals surface area contributed by atoms with Crippen molar-refractivity contribution < 1.29 is 0 Å². The highest BCUT2D eigenvalue weighted by atomic mass is 15.6. The topological polar surface area (TPSA) is 22.8 Å². The molecule has 0 saturated heterocycles. The van der Waals surface area contributed by atoms with Gasteiger partial charge in [0.1, 0.15) is 0 Å². The molecule has 0 bridgehead atoms. The molecule has 0 aliphatic heterocycles. The molecule has 3 nitrogen and oxygen atoms in total. The van der Waals surface area contributed by atoms with Crippen LogP contribution in [0.1, 0.15) is 0 Å². The van der Waals surface area contributed by atoms with E-state index in [4.69, 9.17) is 0 Å². The number of para-hydroxylation sites is 2. The maximum Gasteiger partial charge on any atom is 0.0928 e. The van der Waals surface area contributed by atoms with Crippen molar-refractivity contribution >= 4 is 21.8 Å². The van der Waals surface area contributed by atoms with Gasteiger partial charge in [0.15, 0.2) is 0 Å². The Labute approximate surface area is 104 Å². The Hall–Kier alpha value is -2.55. The molecule has 18 heavy (non-hydrogen) atoms. The third-order valence-corrected chi connectivity index (χ3v) is 3.24. The van der Waals surface area contributed by atoms with Crippen LogP contribution in [0.15, 0.2) is 67.0 Å². The predicted octanol–water partition coefficient (Wildman–Crippen LogP) is 3.30. The lowest BCUT2D eigenvalue weighted by Crippen LogP contribution is -2.08. The molecule has 0 fully saturated rings. The van der Waals surface area contributed by atoms with Crippen molar-refractivity contribution in [1.29, 1.82) is 0 Å². The van der Waals surface area contributed by atoms with E-state index >= 15 is 0 Å². The number of benzene rings is 2. The summed E-state index contributed by atoms with van der Waals surface area (Å²) in [4.78, 5) is 1.93. The van der Waals surface area contributed by atoms with Crippen molar-refractivity contribution in [3.8, 4) is 0 Å². The van der Waals surface area contributed by atoms with Crippen molar-refractivity contribution in [3.63, 3.8) is 0 Å². The quantitative estimate of drug-likeness (QED) is 0.494. The first-order chi connectivity index (χ1) is 8.93. The third kappa shape index (κ3) is 1.21. The zero-order valence-electron chi connectivity index (χ0n) is 9.69. The second kappa shape index (κ2) is 3.47. The Bertz CT molecular complexity index is 767. The summed E-state index contributed by atoms with van der Waals surface area (Å²) in [6.45, 7) is 0. The Kier molecular flexibility index (Phi) is 1.83. The smallest absolute Gasteiger partial charge is 0.0928 e. The molecule has 0 aliphatic carbocycles. The lowest BCUT2D eigenvalue weighted by molar-refractivity contribution is 0.619. The van der Waals surface area contributed by atoms with Crippen molar-refractivity contribution in [1.82, 2.24) is 14.6 Å². The van der Waals surface area contributed by atoms with Gasteiger partial charge >= 0.3 is 0 Å². The Balaban J connectivity index is 2.08. The summed E-state index contributed by atoms with van der Waals surface area (Å²) in [6, 6.07) is 18.6. The van der Waals surface area contributed by atoms with Crippen LogP contribution < -0.4 is 0 Å². The van der Waals surface area contributed by atoms with Gasteiger partial charge in [0.2, 0.25) is 0 Å². The summed E-state index contributed by atoms with van der Waals surface area (Å²) < 4.78 is 2.07. The molecule has 0 atom stereocenters. The Morgan fingerprint density at radius 1 is 0.722 bits per heavy atom. The largest absolute Gasteiger partial charge is 0.240 e. The van der Waals surface area contributed by atoms with Crippen LogP contribution in [0.2, 0.25) is 0 Å². The van der Waals surface area contributed by atoms with Gasteiger partial charge < -0.3 is 0 Å². The summed E-state index contributed by atoms with van der Waals surface area (Å²) in [5, 5.41) is 6.84. The Morgan fingerprint density at radius 3 is 2.33 bits per heavy atom. The fourth-order valence-electron chi connectivity index (χ4n) is 2.36. The summed E-state index contributed by atoms with van der Waals surface area (Å²) >= 11 is 0. The zero-order chi connectivity index (χ0) is 11.9. The Morgan fingerprint density at radius 2 is 1.44 bits per heavy atom. The van der Waals surface area contributed by atoms with Crippen LogP contribution in [0, 0.1) is 0 Å². The molecule has 0 aliphatic rings. The molecule has 0 N–H and O–H groups in total. The standard InChI is InChI=1S/C15H11N3/c1-3-7-14-12(5-1)9-10-17(14)18-15-8-4-2-6-13(15)11-16-18/h1-11H. The summed E-state index contributed by atoms with van der Waals surface area (Å²) in [7, 11) is 0. The molecule has 4 aromatic rings. The maximum absolute atomic E-state index is 4.47. The van der Waals surface area contributed by atoms with Gasteiger partial charge in [-0.1, -0.05) is 36.4 Å². The van der Waals surface area contributed by atoms with Gasteiger partial charge in [-0.3, -0.25) is 0 Å². The highest BCUT2D eigenvalue weighted by molar-refractivity contribution is 5.82. The van der Waals surface area contributed by atoms with Gasteiger partial charge in [-0.25, -0.2) is 4.68 Å². The van der Waals surface area contributed by atoms with Gasteiger partial charge in [-0.2, -0.15) is 9.89 Å². The molecule has 4 rings (SSSR count). The minimum atomic E-state index is 1.11. The number of nitrogens with zero attached hydrogens (tertiary/aromatic N) is 3. The van der Waals surface area contributed by atoms with Crippen molar-refractivity contribution in [2.45, 2.75) is 0 Å². The van der Waals surface area contributed by atoms with Crippen LogP contribution in [0.5, 0.6) is 0 Å². The molecule has 0 saturated carbocycles. The van der Waals surface area contributed by atoms with Crippen LogP contribution in [0.25, 0.3) is 21.8 Å². The zero-order valence-corrected chi connectivity index (χ0v) is 9.69. The number of rotatable bonds is 1. The monoisotopic (exact) mass is 233 g/mol. The van der Waals surface area contributed by atoms with Gasteiger partial charge in [0.25, 0.3) is 0 Å². The van der Waals surface area contributed by atoms with Crippen LogP contribution in [-0.2, 0) is 0 Å². The van der Waals surface area contributed by atoms with Gasteiger partial charge in [0, 0.05) is 17.0 Å². The van der Waals surface area contributed by atoms with E-state index in [1.54, 1.807) is 0 Å². The minimum Gasteiger partial charge on any atom is -0.240 e. The summed E-state index contributed by atoms with van der Waals surface area (Å²) in [5.41, 5.74) is 2.27. The average molecular weight is 233 g/mol. The molecule has 0 spiro atoms. The first kappa shape index (κ1) is 9.48. The molecule has 0 unspecified atom stereocenters. The lowest BCUT2D eigenvalue weighted by Gasteiger charge is -2.06. The van der Waals surface area contributed by atoms with Crippen molar-refractivity contribution in [3.05, 3.63) is 67.0 Å². The first-order valence-corrected chi connectivity index (χ1v) is 5.93. The predicted molar refractivity (Wildman–Crippen MR) is 72.5 cm³/mol. The molecule has 86 valence electrons. The van der Waals surface area contributed by atoms with Crippen LogP contribution >= 0.6 is 0 Å². The van der Waals surface area contributed by atoms with Crippen molar-refractivity contribution in [2.24, 2.45) is 0 Å². The molecular formula is C15H11N3. The van der Waals surface area contributed by atoms with Crippen molar-refractivity contribution in [2.75, 3.05) is 0 Å². The summed E-state index contributed by atoms with van der Waals surface area (Å²) in [6.07, 6.45) is 3.94. The highest BCUT2D eigenvalue weighted by Gasteiger charge is 2.06. The normalized spacial score (nSPS) is 11.3. The van der Waals surface area contributed by atoms with E-state index in [0.29, 0.717) is 0 Å².